The number of para-hydroxylation sites is 1. The van der Waals surface area contributed by atoms with Crippen molar-refractivity contribution in [3.8, 4) is 0 Å². The normalized spacial score (nSPS) is 11.8. The highest BCUT2D eigenvalue weighted by Crippen LogP contribution is 2.22. The first-order valence-corrected chi connectivity index (χ1v) is 9.07. The Morgan fingerprint density at radius 1 is 1.32 bits per heavy atom. The average molecular weight is 296 g/mol. The van der Waals surface area contributed by atoms with Gasteiger partial charge in [0.2, 0.25) is 0 Å². The van der Waals surface area contributed by atoms with Gasteiger partial charge in [-0.25, -0.2) is 13.4 Å². The molecule has 6 heteroatoms. The lowest BCUT2D eigenvalue weighted by Gasteiger charge is -2.07. The lowest BCUT2D eigenvalue weighted by atomic mass is 10.1. The highest BCUT2D eigenvalue weighted by molar-refractivity contribution is 7.99. The number of nitrogen functional groups attached to an aromatic ring is 1. The fourth-order valence-electron chi connectivity index (χ4n) is 1.68. The Morgan fingerprint density at radius 2 is 2.05 bits per heavy atom. The van der Waals surface area contributed by atoms with Gasteiger partial charge in [0.15, 0.2) is 0 Å². The molecule has 0 saturated heterocycles. The molecule has 2 N–H and O–H groups in total. The number of anilines is 1. The molecular formula is C13H16N2O2S2. The Kier molecular flexibility index (Phi) is 4.31. The van der Waals surface area contributed by atoms with Crippen molar-refractivity contribution in [3.05, 3.63) is 35.9 Å². The number of nitrogens with zero attached hydrogens (tertiary/aromatic N) is 1. The van der Waals surface area contributed by atoms with E-state index < -0.39 is 9.84 Å². The van der Waals surface area contributed by atoms with Gasteiger partial charge in [-0.05, 0) is 12.1 Å². The Morgan fingerprint density at radius 3 is 2.79 bits per heavy atom. The minimum Gasteiger partial charge on any atom is -0.383 e. The molecule has 0 amide bonds. The van der Waals surface area contributed by atoms with E-state index in [1.165, 1.54) is 6.26 Å². The zero-order valence-electron chi connectivity index (χ0n) is 10.7. The van der Waals surface area contributed by atoms with E-state index in [1.54, 1.807) is 11.8 Å². The quantitative estimate of drug-likeness (QED) is 0.855. The van der Waals surface area contributed by atoms with Crippen LogP contribution in [0.4, 0.5) is 5.82 Å². The topological polar surface area (TPSA) is 73.0 Å². The summed E-state index contributed by atoms with van der Waals surface area (Å²) in [5, 5.41) is 1.05. The van der Waals surface area contributed by atoms with Gasteiger partial charge in [0.1, 0.15) is 15.7 Å². The van der Waals surface area contributed by atoms with Gasteiger partial charge in [0, 0.05) is 28.7 Å². The largest absolute Gasteiger partial charge is 0.383 e. The predicted octanol–water partition coefficient (Wildman–Crippen LogP) is 2.09. The zero-order chi connectivity index (χ0) is 13.9. The van der Waals surface area contributed by atoms with E-state index in [9.17, 15) is 8.42 Å². The fraction of sp³-hybridized carbons (Fsp3) is 0.308. The molecule has 19 heavy (non-hydrogen) atoms. The van der Waals surface area contributed by atoms with Crippen LogP contribution < -0.4 is 5.73 Å². The molecule has 0 saturated carbocycles. The molecule has 0 spiro atoms. The van der Waals surface area contributed by atoms with Crippen LogP contribution in [-0.4, -0.2) is 31.2 Å². The summed E-state index contributed by atoms with van der Waals surface area (Å²) in [4.78, 5) is 4.35. The number of fused-ring (bicyclic) bond motifs is 1. The monoisotopic (exact) mass is 296 g/mol. The van der Waals surface area contributed by atoms with Crippen LogP contribution in [0.15, 0.2) is 30.3 Å². The second-order valence-electron chi connectivity index (χ2n) is 4.41. The van der Waals surface area contributed by atoms with Gasteiger partial charge in [-0.15, -0.1) is 0 Å². The van der Waals surface area contributed by atoms with E-state index in [0.29, 0.717) is 17.3 Å². The van der Waals surface area contributed by atoms with Crippen LogP contribution in [-0.2, 0) is 15.6 Å². The van der Waals surface area contributed by atoms with Gasteiger partial charge in [-0.1, -0.05) is 18.2 Å². The predicted molar refractivity (Wildman–Crippen MR) is 82.0 cm³/mol. The molecule has 102 valence electrons. The molecule has 0 bridgehead atoms. The molecule has 0 aliphatic carbocycles. The summed E-state index contributed by atoms with van der Waals surface area (Å²) in [5.41, 5.74) is 7.75. The first-order valence-electron chi connectivity index (χ1n) is 5.85. The van der Waals surface area contributed by atoms with Crippen LogP contribution in [0.3, 0.4) is 0 Å². The highest BCUT2D eigenvalue weighted by Gasteiger charge is 2.06. The molecule has 0 unspecified atom stereocenters. The van der Waals surface area contributed by atoms with E-state index in [4.69, 9.17) is 5.73 Å². The number of rotatable bonds is 5. The molecule has 4 nitrogen and oxygen atoms in total. The summed E-state index contributed by atoms with van der Waals surface area (Å²) in [7, 11) is -2.89. The van der Waals surface area contributed by atoms with Crippen molar-refractivity contribution in [1.82, 2.24) is 4.98 Å². The van der Waals surface area contributed by atoms with Gasteiger partial charge in [0.05, 0.1) is 11.3 Å². The van der Waals surface area contributed by atoms with Crippen LogP contribution in [0.5, 0.6) is 0 Å². The van der Waals surface area contributed by atoms with Crippen LogP contribution in [0.1, 0.15) is 5.56 Å². The van der Waals surface area contributed by atoms with Crippen molar-refractivity contribution in [3.63, 3.8) is 0 Å². The summed E-state index contributed by atoms with van der Waals surface area (Å²) in [6.45, 7) is 0. The number of benzene rings is 1. The molecule has 1 heterocycles. The van der Waals surface area contributed by atoms with E-state index in [1.807, 2.05) is 30.3 Å². The van der Waals surface area contributed by atoms with Gasteiger partial charge >= 0.3 is 0 Å². The SMILES string of the molecule is CS(=O)(=O)CCSCc1cc2ccccc2nc1N. The summed E-state index contributed by atoms with van der Waals surface area (Å²) in [6, 6.07) is 9.82. The standard InChI is InChI=1S/C13H16N2O2S2/c1-19(16,17)7-6-18-9-11-8-10-4-2-3-5-12(10)15-13(11)14/h2-5,8H,6-7,9H2,1H3,(H2,14,15). The maximum absolute atomic E-state index is 11.0. The molecule has 0 atom stereocenters. The van der Waals surface area contributed by atoms with Crippen molar-refractivity contribution >= 4 is 38.3 Å². The zero-order valence-corrected chi connectivity index (χ0v) is 12.3. The number of aromatic nitrogens is 1. The Bertz CT molecular complexity index is 684. The maximum Gasteiger partial charge on any atom is 0.148 e. The molecule has 1 aromatic heterocycles. The van der Waals surface area contributed by atoms with Crippen LogP contribution >= 0.6 is 11.8 Å². The number of pyridine rings is 1. The Hall–Kier alpha value is -1.27. The first-order chi connectivity index (χ1) is 8.96. The Labute approximate surface area is 117 Å². The van der Waals surface area contributed by atoms with E-state index in [0.717, 1.165) is 16.5 Å². The third-order valence-corrected chi connectivity index (χ3v) is 4.90. The van der Waals surface area contributed by atoms with Gasteiger partial charge in [0.25, 0.3) is 0 Å². The Balaban J connectivity index is 2.06. The van der Waals surface area contributed by atoms with E-state index in [2.05, 4.69) is 4.98 Å². The molecule has 0 radical (unpaired) electrons. The van der Waals surface area contributed by atoms with Crippen molar-refractivity contribution in [2.45, 2.75) is 5.75 Å². The molecule has 1 aromatic carbocycles. The molecule has 2 aromatic rings. The number of nitrogens with two attached hydrogens (primary N) is 1. The third-order valence-electron chi connectivity index (χ3n) is 2.69. The second kappa shape index (κ2) is 5.79. The number of thioether (sulfide) groups is 1. The lowest BCUT2D eigenvalue weighted by Crippen LogP contribution is -2.05. The smallest absolute Gasteiger partial charge is 0.148 e. The fourth-order valence-corrected chi connectivity index (χ4v) is 3.96. The van der Waals surface area contributed by atoms with Gasteiger partial charge in [-0.2, -0.15) is 11.8 Å². The summed E-state index contributed by atoms with van der Waals surface area (Å²) in [5.74, 6) is 1.97. The maximum atomic E-state index is 11.0. The first kappa shape index (κ1) is 14.1. The number of hydrogen-bond donors (Lipinski definition) is 1. The van der Waals surface area contributed by atoms with Crippen LogP contribution in [0, 0.1) is 0 Å². The molecule has 0 fully saturated rings. The van der Waals surface area contributed by atoms with Crippen molar-refractivity contribution in [2.75, 3.05) is 23.5 Å². The lowest BCUT2D eigenvalue weighted by molar-refractivity contribution is 0.603. The van der Waals surface area contributed by atoms with Gasteiger partial charge in [-0.3, -0.25) is 0 Å². The highest BCUT2D eigenvalue weighted by atomic mass is 32.2. The van der Waals surface area contributed by atoms with Crippen molar-refractivity contribution < 1.29 is 8.42 Å². The third kappa shape index (κ3) is 4.11. The second-order valence-corrected chi connectivity index (χ2v) is 7.77. The number of sulfone groups is 1. The summed E-state index contributed by atoms with van der Waals surface area (Å²) >= 11 is 1.56. The van der Waals surface area contributed by atoms with E-state index >= 15 is 0 Å². The van der Waals surface area contributed by atoms with Gasteiger partial charge < -0.3 is 5.73 Å². The van der Waals surface area contributed by atoms with Crippen LogP contribution in [0.2, 0.25) is 0 Å². The molecule has 0 aliphatic rings. The van der Waals surface area contributed by atoms with E-state index in [-0.39, 0.29) is 5.75 Å². The average Bonchev–Trinajstić information content (AvgIpc) is 2.33. The molecular weight excluding hydrogens is 280 g/mol. The van der Waals surface area contributed by atoms with Crippen molar-refractivity contribution in [1.29, 1.82) is 0 Å². The summed E-state index contributed by atoms with van der Waals surface area (Å²) in [6.07, 6.45) is 1.25. The summed E-state index contributed by atoms with van der Waals surface area (Å²) < 4.78 is 22.1. The molecule has 2 rings (SSSR count). The molecule has 0 aliphatic heterocycles. The number of hydrogen-bond acceptors (Lipinski definition) is 5. The minimum absolute atomic E-state index is 0.193. The van der Waals surface area contributed by atoms with Crippen LogP contribution in [0.25, 0.3) is 10.9 Å². The minimum atomic E-state index is -2.89. The van der Waals surface area contributed by atoms with Crippen molar-refractivity contribution in [2.24, 2.45) is 0 Å².